The van der Waals surface area contributed by atoms with Crippen LogP contribution in [0.15, 0.2) is 30.3 Å². The van der Waals surface area contributed by atoms with Gasteiger partial charge in [-0.05, 0) is 17.2 Å². The van der Waals surface area contributed by atoms with Gasteiger partial charge in [-0.15, -0.1) is 0 Å². The molecule has 1 N–H and O–H groups in total. The Bertz CT molecular complexity index is 711. The fraction of sp³-hybridized carbons (Fsp3) is 0.294. The third-order valence-corrected chi connectivity index (χ3v) is 3.70. The molecule has 0 amide bonds. The Morgan fingerprint density at radius 2 is 1.90 bits per heavy atom. The van der Waals surface area contributed by atoms with Crippen molar-refractivity contribution in [3.8, 4) is 11.3 Å². The summed E-state index contributed by atoms with van der Waals surface area (Å²) in [6.45, 7) is 5.99. The fourth-order valence-corrected chi connectivity index (χ4v) is 2.77. The molecule has 20 heavy (non-hydrogen) atoms. The summed E-state index contributed by atoms with van der Waals surface area (Å²) in [5, 5.41) is 9.44. The van der Waals surface area contributed by atoms with Gasteiger partial charge >= 0.3 is 5.97 Å². The van der Waals surface area contributed by atoms with E-state index in [1.165, 1.54) is 5.56 Å². The quantitative estimate of drug-likeness (QED) is 0.732. The number of carboxylic acid groups (broad SMARTS) is 1. The van der Waals surface area contributed by atoms with Gasteiger partial charge in [-0.3, -0.25) is 4.98 Å². The Balaban J connectivity index is 2.27. The first-order chi connectivity index (χ1) is 9.38. The average Bonchev–Trinajstić information content (AvgIpc) is 2.73. The van der Waals surface area contributed by atoms with Gasteiger partial charge in [0.25, 0.3) is 0 Å². The van der Waals surface area contributed by atoms with Crippen LogP contribution in [0.2, 0.25) is 0 Å². The Morgan fingerprint density at radius 3 is 2.55 bits per heavy atom. The lowest BCUT2D eigenvalue weighted by Gasteiger charge is -2.21. The third-order valence-electron chi connectivity index (χ3n) is 3.70. The maximum Gasteiger partial charge on any atom is 0.337 e. The zero-order chi connectivity index (χ0) is 14.5. The van der Waals surface area contributed by atoms with Gasteiger partial charge < -0.3 is 5.11 Å². The van der Waals surface area contributed by atoms with E-state index in [-0.39, 0.29) is 5.41 Å². The zero-order valence-electron chi connectivity index (χ0n) is 11.9. The van der Waals surface area contributed by atoms with Crippen molar-refractivity contribution in [1.29, 1.82) is 0 Å². The standard InChI is InChI=1S/C17H17NO2/c1-17(2,3)15-13(16(19)20)9-11-8-10-6-4-5-7-12(10)14(11)18-15/h4-7,9H,8H2,1-3H3,(H,19,20). The van der Waals surface area contributed by atoms with E-state index in [9.17, 15) is 9.90 Å². The Hall–Kier alpha value is -2.16. The van der Waals surface area contributed by atoms with Crippen LogP contribution in [0.4, 0.5) is 0 Å². The highest BCUT2D eigenvalue weighted by Gasteiger charge is 2.28. The molecule has 1 aliphatic carbocycles. The van der Waals surface area contributed by atoms with Crippen LogP contribution in [0.5, 0.6) is 0 Å². The highest BCUT2D eigenvalue weighted by molar-refractivity contribution is 5.91. The second-order valence-corrected chi connectivity index (χ2v) is 6.28. The molecule has 0 bridgehead atoms. The summed E-state index contributed by atoms with van der Waals surface area (Å²) in [6.07, 6.45) is 0.767. The molecule has 3 nitrogen and oxygen atoms in total. The monoisotopic (exact) mass is 267 g/mol. The van der Waals surface area contributed by atoms with E-state index < -0.39 is 5.97 Å². The van der Waals surface area contributed by atoms with E-state index >= 15 is 0 Å². The van der Waals surface area contributed by atoms with Gasteiger partial charge in [0.05, 0.1) is 17.0 Å². The number of aromatic carboxylic acids is 1. The zero-order valence-corrected chi connectivity index (χ0v) is 11.9. The second-order valence-electron chi connectivity index (χ2n) is 6.28. The molecule has 0 saturated carbocycles. The Labute approximate surface area is 118 Å². The normalized spacial score (nSPS) is 12.9. The molecule has 3 rings (SSSR count). The van der Waals surface area contributed by atoms with Gasteiger partial charge in [-0.25, -0.2) is 4.79 Å². The number of fused-ring (bicyclic) bond motifs is 3. The number of hydrogen-bond acceptors (Lipinski definition) is 2. The van der Waals surface area contributed by atoms with Crippen molar-refractivity contribution >= 4 is 5.97 Å². The van der Waals surface area contributed by atoms with Crippen LogP contribution in [-0.4, -0.2) is 16.1 Å². The largest absolute Gasteiger partial charge is 0.478 e. The van der Waals surface area contributed by atoms with Crippen LogP contribution in [0.3, 0.4) is 0 Å². The summed E-state index contributed by atoms with van der Waals surface area (Å²) in [5.41, 5.74) is 4.99. The molecule has 0 unspecified atom stereocenters. The molecule has 0 saturated heterocycles. The van der Waals surface area contributed by atoms with Crippen molar-refractivity contribution < 1.29 is 9.90 Å². The molecule has 102 valence electrons. The minimum Gasteiger partial charge on any atom is -0.478 e. The first kappa shape index (κ1) is 12.9. The summed E-state index contributed by atoms with van der Waals surface area (Å²) in [5.74, 6) is -0.902. The van der Waals surface area contributed by atoms with Crippen molar-refractivity contribution in [3.05, 3.63) is 52.7 Å². The number of benzene rings is 1. The number of pyridine rings is 1. The molecule has 0 radical (unpaired) electrons. The molecule has 1 aromatic heterocycles. The summed E-state index contributed by atoms with van der Waals surface area (Å²) < 4.78 is 0. The number of carbonyl (C=O) groups is 1. The third kappa shape index (κ3) is 1.90. The maximum atomic E-state index is 11.5. The van der Waals surface area contributed by atoms with Gasteiger partial charge in [0, 0.05) is 17.4 Å². The summed E-state index contributed by atoms with van der Waals surface area (Å²) in [7, 11) is 0. The molecular weight excluding hydrogens is 250 g/mol. The van der Waals surface area contributed by atoms with Crippen LogP contribution in [0.25, 0.3) is 11.3 Å². The lowest BCUT2D eigenvalue weighted by molar-refractivity contribution is 0.0693. The van der Waals surface area contributed by atoms with Crippen LogP contribution in [-0.2, 0) is 11.8 Å². The number of aromatic nitrogens is 1. The summed E-state index contributed by atoms with van der Waals surface area (Å²) in [6, 6.07) is 9.94. The number of rotatable bonds is 1. The fourth-order valence-electron chi connectivity index (χ4n) is 2.77. The average molecular weight is 267 g/mol. The molecular formula is C17H17NO2. The van der Waals surface area contributed by atoms with E-state index in [1.807, 2.05) is 32.9 Å². The van der Waals surface area contributed by atoms with Gasteiger partial charge in [0.2, 0.25) is 0 Å². The predicted octanol–water partition coefficient (Wildman–Crippen LogP) is 3.65. The van der Waals surface area contributed by atoms with Crippen molar-refractivity contribution in [2.45, 2.75) is 32.6 Å². The number of carboxylic acids is 1. The van der Waals surface area contributed by atoms with Crippen molar-refractivity contribution in [3.63, 3.8) is 0 Å². The minimum absolute atomic E-state index is 0.291. The Kier molecular flexibility index (Phi) is 2.68. The van der Waals surface area contributed by atoms with E-state index in [0.717, 1.165) is 23.2 Å². The topological polar surface area (TPSA) is 50.2 Å². The molecule has 0 aliphatic heterocycles. The summed E-state index contributed by atoms with van der Waals surface area (Å²) in [4.78, 5) is 16.2. The molecule has 3 heteroatoms. The van der Waals surface area contributed by atoms with E-state index in [1.54, 1.807) is 6.07 Å². The first-order valence-electron chi connectivity index (χ1n) is 6.74. The van der Waals surface area contributed by atoms with Gasteiger partial charge in [-0.1, -0.05) is 45.0 Å². The van der Waals surface area contributed by atoms with Crippen molar-refractivity contribution in [2.24, 2.45) is 0 Å². The van der Waals surface area contributed by atoms with Gasteiger partial charge in [0.15, 0.2) is 0 Å². The number of nitrogens with zero attached hydrogens (tertiary/aromatic N) is 1. The van der Waals surface area contributed by atoms with Gasteiger partial charge in [-0.2, -0.15) is 0 Å². The molecule has 1 aliphatic rings. The van der Waals surface area contributed by atoms with Gasteiger partial charge in [0.1, 0.15) is 0 Å². The SMILES string of the molecule is CC(C)(C)c1nc2c(cc1C(=O)O)Cc1ccccc1-2. The maximum absolute atomic E-state index is 11.5. The lowest BCUT2D eigenvalue weighted by Crippen LogP contribution is -2.20. The minimum atomic E-state index is -0.902. The second kappa shape index (κ2) is 4.17. The van der Waals surface area contributed by atoms with E-state index in [0.29, 0.717) is 11.3 Å². The highest BCUT2D eigenvalue weighted by Crippen LogP contribution is 2.38. The highest BCUT2D eigenvalue weighted by atomic mass is 16.4. The van der Waals surface area contributed by atoms with E-state index in [4.69, 9.17) is 4.98 Å². The van der Waals surface area contributed by atoms with Crippen LogP contribution < -0.4 is 0 Å². The van der Waals surface area contributed by atoms with Crippen molar-refractivity contribution in [1.82, 2.24) is 4.98 Å². The van der Waals surface area contributed by atoms with Crippen LogP contribution >= 0.6 is 0 Å². The first-order valence-corrected chi connectivity index (χ1v) is 6.74. The predicted molar refractivity (Wildman–Crippen MR) is 78.1 cm³/mol. The van der Waals surface area contributed by atoms with Crippen LogP contribution in [0.1, 0.15) is 48.0 Å². The Morgan fingerprint density at radius 1 is 1.20 bits per heavy atom. The molecule has 0 spiro atoms. The molecule has 0 fully saturated rings. The molecule has 1 heterocycles. The lowest BCUT2D eigenvalue weighted by atomic mass is 9.87. The van der Waals surface area contributed by atoms with E-state index in [2.05, 4.69) is 12.1 Å². The molecule has 0 atom stereocenters. The van der Waals surface area contributed by atoms with Crippen molar-refractivity contribution in [2.75, 3.05) is 0 Å². The smallest absolute Gasteiger partial charge is 0.337 e. The van der Waals surface area contributed by atoms with Crippen LogP contribution in [0, 0.1) is 0 Å². The molecule has 2 aromatic rings. The number of hydrogen-bond donors (Lipinski definition) is 1. The molecule has 1 aromatic carbocycles. The summed E-state index contributed by atoms with van der Waals surface area (Å²) >= 11 is 0.